The van der Waals surface area contributed by atoms with Gasteiger partial charge in [0.15, 0.2) is 0 Å². The van der Waals surface area contributed by atoms with Gasteiger partial charge in [0.25, 0.3) is 0 Å². The predicted octanol–water partition coefficient (Wildman–Crippen LogP) is 3.72. The van der Waals surface area contributed by atoms with Crippen molar-refractivity contribution in [3.05, 3.63) is 52.0 Å². The van der Waals surface area contributed by atoms with E-state index < -0.39 is 0 Å². The van der Waals surface area contributed by atoms with E-state index in [0.717, 1.165) is 35.0 Å². The minimum Gasteiger partial charge on any atom is -0.324 e. The molecule has 1 aromatic heterocycles. The largest absolute Gasteiger partial charge is 0.324 e. The molecule has 0 saturated carbocycles. The molecule has 1 unspecified atom stereocenters. The minimum absolute atomic E-state index is 0.0838. The van der Waals surface area contributed by atoms with Crippen LogP contribution in [-0.4, -0.2) is 4.57 Å². The van der Waals surface area contributed by atoms with Gasteiger partial charge in [-0.15, -0.1) is 0 Å². The molecular formula is C14H14BrFN2. The number of hydrogen-bond donors (Lipinski definition) is 1. The highest BCUT2D eigenvalue weighted by molar-refractivity contribution is 9.10. The first-order valence-electron chi connectivity index (χ1n) is 6.08. The summed E-state index contributed by atoms with van der Waals surface area (Å²) >= 11 is 3.42. The number of hydrogen-bond acceptors (Lipinski definition) is 1. The Hall–Kier alpha value is -1.13. The maximum atomic E-state index is 14.0. The fourth-order valence-corrected chi connectivity index (χ4v) is 3.19. The van der Waals surface area contributed by atoms with Crippen molar-refractivity contribution in [2.24, 2.45) is 5.73 Å². The smallest absolute Gasteiger partial charge is 0.148 e. The molecule has 2 nitrogen and oxygen atoms in total. The molecule has 0 saturated heterocycles. The molecule has 94 valence electrons. The summed E-state index contributed by atoms with van der Waals surface area (Å²) in [4.78, 5) is 0. The minimum atomic E-state index is -0.220. The van der Waals surface area contributed by atoms with E-state index in [1.807, 2.05) is 22.9 Å². The summed E-state index contributed by atoms with van der Waals surface area (Å²) < 4.78 is 16.7. The van der Waals surface area contributed by atoms with Crippen LogP contribution in [0.1, 0.15) is 30.1 Å². The van der Waals surface area contributed by atoms with Crippen LogP contribution >= 0.6 is 15.9 Å². The summed E-state index contributed by atoms with van der Waals surface area (Å²) in [5.74, 6) is -0.220. The van der Waals surface area contributed by atoms with Crippen LogP contribution in [-0.2, 0) is 6.42 Å². The first kappa shape index (κ1) is 11.9. The van der Waals surface area contributed by atoms with Gasteiger partial charge in [-0.25, -0.2) is 4.39 Å². The average Bonchev–Trinajstić information content (AvgIpc) is 2.75. The quantitative estimate of drug-likeness (QED) is 0.855. The number of fused-ring (bicyclic) bond motifs is 1. The van der Waals surface area contributed by atoms with Gasteiger partial charge in [0.05, 0.1) is 5.69 Å². The van der Waals surface area contributed by atoms with Crippen molar-refractivity contribution < 1.29 is 4.39 Å². The monoisotopic (exact) mass is 308 g/mol. The van der Waals surface area contributed by atoms with Gasteiger partial charge in [0.2, 0.25) is 0 Å². The maximum absolute atomic E-state index is 14.0. The lowest BCUT2D eigenvalue weighted by atomic mass is 9.93. The zero-order chi connectivity index (χ0) is 12.7. The lowest BCUT2D eigenvalue weighted by Gasteiger charge is -2.21. The first-order chi connectivity index (χ1) is 8.68. The fourth-order valence-electron chi connectivity index (χ4n) is 2.66. The number of nitrogens with zero attached hydrogens (tertiary/aromatic N) is 1. The third kappa shape index (κ3) is 1.80. The summed E-state index contributed by atoms with van der Waals surface area (Å²) in [5.41, 5.74) is 8.96. The second kappa shape index (κ2) is 4.52. The summed E-state index contributed by atoms with van der Waals surface area (Å²) in [6.45, 7) is 0. The van der Waals surface area contributed by atoms with Crippen molar-refractivity contribution in [2.45, 2.75) is 25.3 Å². The molecule has 1 aliphatic carbocycles. The van der Waals surface area contributed by atoms with Crippen LogP contribution < -0.4 is 5.73 Å². The number of aromatic nitrogens is 1. The Morgan fingerprint density at radius 1 is 1.33 bits per heavy atom. The molecule has 0 aliphatic heterocycles. The summed E-state index contributed by atoms with van der Waals surface area (Å²) in [6, 6.07) is 7.13. The Morgan fingerprint density at radius 2 is 2.17 bits per heavy atom. The van der Waals surface area contributed by atoms with Crippen molar-refractivity contribution in [3.63, 3.8) is 0 Å². The molecule has 3 rings (SSSR count). The van der Waals surface area contributed by atoms with Crippen molar-refractivity contribution in [2.75, 3.05) is 0 Å². The van der Waals surface area contributed by atoms with E-state index in [9.17, 15) is 4.39 Å². The molecule has 0 spiro atoms. The lowest BCUT2D eigenvalue weighted by Crippen LogP contribution is -2.18. The highest BCUT2D eigenvalue weighted by Gasteiger charge is 2.22. The Bertz CT molecular complexity index is 571. The Kier molecular flexibility index (Phi) is 2.99. The topological polar surface area (TPSA) is 30.9 Å². The van der Waals surface area contributed by atoms with Crippen molar-refractivity contribution >= 4 is 15.9 Å². The summed E-state index contributed by atoms with van der Waals surface area (Å²) in [7, 11) is 0. The van der Waals surface area contributed by atoms with Crippen molar-refractivity contribution in [1.82, 2.24) is 4.57 Å². The van der Waals surface area contributed by atoms with Crippen molar-refractivity contribution in [1.29, 1.82) is 0 Å². The average molecular weight is 309 g/mol. The van der Waals surface area contributed by atoms with Crippen LogP contribution in [0, 0.1) is 5.82 Å². The second-order valence-corrected chi connectivity index (χ2v) is 5.51. The molecule has 18 heavy (non-hydrogen) atoms. The standard InChI is InChI=1S/C14H14BrFN2/c15-10-3-1-4-11(16)14(10)18-8-7-9-12(17)5-2-6-13(9)18/h1,3-4,7-8,12H,2,5-6,17H2. The normalized spacial score (nSPS) is 18.7. The van der Waals surface area contributed by atoms with Gasteiger partial charge in [-0.2, -0.15) is 0 Å². The second-order valence-electron chi connectivity index (χ2n) is 4.66. The van der Waals surface area contributed by atoms with E-state index in [-0.39, 0.29) is 11.9 Å². The number of rotatable bonds is 1. The molecule has 0 radical (unpaired) electrons. The van der Waals surface area contributed by atoms with Crippen LogP contribution in [0.3, 0.4) is 0 Å². The number of benzene rings is 1. The first-order valence-corrected chi connectivity index (χ1v) is 6.88. The molecule has 4 heteroatoms. The van der Waals surface area contributed by atoms with Gasteiger partial charge in [-0.3, -0.25) is 0 Å². The Balaban J connectivity index is 2.19. The molecule has 0 amide bonds. The summed E-state index contributed by atoms with van der Waals surface area (Å²) in [5, 5.41) is 0. The van der Waals surface area contributed by atoms with Gasteiger partial charge in [0, 0.05) is 22.4 Å². The number of nitrogens with two attached hydrogens (primary N) is 1. The zero-order valence-electron chi connectivity index (χ0n) is 9.87. The van der Waals surface area contributed by atoms with Gasteiger partial charge in [-0.1, -0.05) is 6.07 Å². The molecule has 1 aromatic carbocycles. The molecule has 1 aliphatic rings. The third-order valence-electron chi connectivity index (χ3n) is 3.53. The lowest BCUT2D eigenvalue weighted by molar-refractivity contribution is 0.555. The molecular weight excluding hydrogens is 295 g/mol. The van der Waals surface area contributed by atoms with Crippen LogP contribution in [0.25, 0.3) is 5.69 Å². The van der Waals surface area contributed by atoms with E-state index in [0.29, 0.717) is 5.69 Å². The van der Waals surface area contributed by atoms with E-state index in [1.54, 1.807) is 6.07 Å². The van der Waals surface area contributed by atoms with Crippen LogP contribution in [0.5, 0.6) is 0 Å². The van der Waals surface area contributed by atoms with Gasteiger partial charge >= 0.3 is 0 Å². The van der Waals surface area contributed by atoms with Gasteiger partial charge < -0.3 is 10.3 Å². The Labute approximate surface area is 114 Å². The maximum Gasteiger partial charge on any atom is 0.148 e. The predicted molar refractivity (Wildman–Crippen MR) is 73.3 cm³/mol. The number of para-hydroxylation sites is 1. The number of halogens is 2. The molecule has 0 bridgehead atoms. The zero-order valence-corrected chi connectivity index (χ0v) is 11.5. The highest BCUT2D eigenvalue weighted by atomic mass is 79.9. The van der Waals surface area contributed by atoms with Crippen LogP contribution in [0.2, 0.25) is 0 Å². The molecule has 1 heterocycles. The van der Waals surface area contributed by atoms with Gasteiger partial charge in [-0.05, 0) is 59.0 Å². The fraction of sp³-hybridized carbons (Fsp3) is 0.286. The molecule has 1 atom stereocenters. The third-order valence-corrected chi connectivity index (χ3v) is 4.17. The van der Waals surface area contributed by atoms with E-state index >= 15 is 0 Å². The Morgan fingerprint density at radius 3 is 2.94 bits per heavy atom. The van der Waals surface area contributed by atoms with Crippen LogP contribution in [0.15, 0.2) is 34.9 Å². The SMILES string of the molecule is NC1CCCc2c1ccn2-c1c(F)cccc1Br. The molecule has 2 N–H and O–H groups in total. The van der Waals surface area contributed by atoms with Crippen LogP contribution in [0.4, 0.5) is 4.39 Å². The van der Waals surface area contributed by atoms with E-state index in [4.69, 9.17) is 5.73 Å². The molecule has 0 fully saturated rings. The van der Waals surface area contributed by atoms with E-state index in [1.165, 1.54) is 6.07 Å². The van der Waals surface area contributed by atoms with E-state index in [2.05, 4.69) is 15.9 Å². The van der Waals surface area contributed by atoms with Crippen molar-refractivity contribution in [3.8, 4) is 5.69 Å². The van der Waals surface area contributed by atoms with Gasteiger partial charge in [0.1, 0.15) is 5.82 Å². The summed E-state index contributed by atoms with van der Waals surface area (Å²) in [6.07, 6.45) is 4.94. The molecule has 2 aromatic rings. The highest BCUT2D eigenvalue weighted by Crippen LogP contribution is 2.33.